The summed E-state index contributed by atoms with van der Waals surface area (Å²) in [4.78, 5) is 0. The summed E-state index contributed by atoms with van der Waals surface area (Å²) >= 11 is 3.53. The summed E-state index contributed by atoms with van der Waals surface area (Å²) in [7, 11) is 0. The number of rotatable bonds is 4. The van der Waals surface area contributed by atoms with Crippen molar-refractivity contribution in [2.75, 3.05) is 6.26 Å². The molecule has 66 valence electrons. The Kier molecular flexibility index (Phi) is 5.45. The molecule has 0 amide bonds. The average Bonchev–Trinajstić information content (AvgIpc) is 2.16. The first-order valence-corrected chi connectivity index (χ1v) is 11.2. The molecule has 0 saturated carbocycles. The quantitative estimate of drug-likeness (QED) is 0.757. The summed E-state index contributed by atoms with van der Waals surface area (Å²) in [5, 5.41) is 0. The normalized spacial score (nSPS) is 12.8. The van der Waals surface area contributed by atoms with E-state index < -0.39 is 0 Å². The van der Waals surface area contributed by atoms with Crippen molar-refractivity contribution in [3.05, 3.63) is 30.3 Å². The van der Waals surface area contributed by atoms with E-state index in [1.165, 1.54) is 0 Å². The van der Waals surface area contributed by atoms with Crippen LogP contribution in [0.25, 0.3) is 0 Å². The Morgan fingerprint density at radius 3 is 2.50 bits per heavy atom. The standard InChI is InChI=1S/C9H12SSe2/c1-8(10-2)11-12-9-6-4-3-5-7-9/h3-8H,1-2H3/t8-/m0/s1. The van der Waals surface area contributed by atoms with Gasteiger partial charge in [-0.15, -0.1) is 0 Å². The van der Waals surface area contributed by atoms with Gasteiger partial charge >= 0.3 is 90.1 Å². The van der Waals surface area contributed by atoms with Crippen molar-refractivity contribution in [1.29, 1.82) is 0 Å². The summed E-state index contributed by atoms with van der Waals surface area (Å²) in [5.74, 6) is 0. The molecule has 0 nitrogen and oxygen atoms in total. The molecule has 0 N–H and O–H groups in total. The molecule has 0 spiro atoms. The SMILES string of the molecule is CS[C@H](C)[Se][Se]c1ccccc1. The van der Waals surface area contributed by atoms with Gasteiger partial charge in [-0.05, 0) is 0 Å². The molecule has 0 radical (unpaired) electrons. The summed E-state index contributed by atoms with van der Waals surface area (Å²) in [6.45, 7) is 2.33. The van der Waals surface area contributed by atoms with Crippen molar-refractivity contribution < 1.29 is 0 Å². The third kappa shape index (κ3) is 4.02. The van der Waals surface area contributed by atoms with Gasteiger partial charge in [-0.2, -0.15) is 0 Å². The van der Waals surface area contributed by atoms with Crippen LogP contribution in [-0.2, 0) is 0 Å². The fourth-order valence-electron chi connectivity index (χ4n) is 0.639. The Morgan fingerprint density at radius 1 is 1.25 bits per heavy atom. The van der Waals surface area contributed by atoms with Gasteiger partial charge in [-0.1, -0.05) is 0 Å². The van der Waals surface area contributed by atoms with Gasteiger partial charge in [-0.3, -0.25) is 0 Å². The Morgan fingerprint density at radius 2 is 1.92 bits per heavy atom. The van der Waals surface area contributed by atoms with Crippen LogP contribution < -0.4 is 4.46 Å². The molecule has 3 heteroatoms. The molecule has 0 aromatic heterocycles. The van der Waals surface area contributed by atoms with Crippen LogP contribution in [0.5, 0.6) is 0 Å². The molecule has 0 aliphatic heterocycles. The third-order valence-corrected chi connectivity index (χ3v) is 13.2. The van der Waals surface area contributed by atoms with Crippen LogP contribution in [-0.4, -0.2) is 36.7 Å². The molecule has 1 aromatic rings. The van der Waals surface area contributed by atoms with Gasteiger partial charge < -0.3 is 0 Å². The molecule has 0 saturated heterocycles. The average molecular weight is 310 g/mol. The first-order chi connectivity index (χ1) is 5.83. The van der Waals surface area contributed by atoms with Crippen molar-refractivity contribution in [3.8, 4) is 0 Å². The van der Waals surface area contributed by atoms with Crippen LogP contribution in [0, 0.1) is 0 Å². The Hall–Kier alpha value is 0.609. The predicted molar refractivity (Wildman–Crippen MR) is 60.6 cm³/mol. The second kappa shape index (κ2) is 6.12. The van der Waals surface area contributed by atoms with E-state index in [0.717, 1.165) is 30.4 Å². The van der Waals surface area contributed by atoms with Crippen molar-refractivity contribution in [2.24, 2.45) is 0 Å². The van der Waals surface area contributed by atoms with Crippen molar-refractivity contribution >= 4 is 42.5 Å². The second-order valence-electron chi connectivity index (χ2n) is 2.30. The van der Waals surface area contributed by atoms with Crippen LogP contribution in [0.2, 0.25) is 0 Å². The van der Waals surface area contributed by atoms with Crippen molar-refractivity contribution in [3.63, 3.8) is 0 Å². The number of benzene rings is 1. The maximum atomic E-state index is 2.33. The molecule has 0 aliphatic rings. The van der Waals surface area contributed by atoms with Gasteiger partial charge in [0.2, 0.25) is 0 Å². The zero-order chi connectivity index (χ0) is 8.81. The van der Waals surface area contributed by atoms with E-state index in [0.29, 0.717) is 0 Å². The minimum absolute atomic E-state index is 0.733. The number of hydrogen-bond acceptors (Lipinski definition) is 1. The Bertz CT molecular complexity index is 213. The monoisotopic (exact) mass is 312 g/mol. The molecule has 0 aliphatic carbocycles. The van der Waals surface area contributed by atoms with Gasteiger partial charge in [0.1, 0.15) is 0 Å². The topological polar surface area (TPSA) is 0 Å². The maximum absolute atomic E-state index is 2.33. The summed E-state index contributed by atoms with van der Waals surface area (Å²) in [6, 6.07) is 10.8. The molecular weight excluding hydrogens is 298 g/mol. The minimum atomic E-state index is 0.733. The van der Waals surface area contributed by atoms with E-state index in [-0.39, 0.29) is 0 Å². The van der Waals surface area contributed by atoms with E-state index in [9.17, 15) is 0 Å². The molecule has 1 rings (SSSR count). The zero-order valence-electron chi connectivity index (χ0n) is 7.19. The van der Waals surface area contributed by atoms with Gasteiger partial charge in [0.25, 0.3) is 0 Å². The van der Waals surface area contributed by atoms with Gasteiger partial charge in [-0.25, -0.2) is 0 Å². The van der Waals surface area contributed by atoms with Crippen LogP contribution in [0.1, 0.15) is 6.92 Å². The fraction of sp³-hybridized carbons (Fsp3) is 0.333. The summed E-state index contributed by atoms with van der Waals surface area (Å²) in [5.41, 5.74) is 0. The summed E-state index contributed by atoms with van der Waals surface area (Å²) in [6.07, 6.45) is 2.20. The van der Waals surface area contributed by atoms with E-state index in [4.69, 9.17) is 0 Å². The van der Waals surface area contributed by atoms with E-state index in [1.54, 1.807) is 4.46 Å². The molecule has 0 fully saturated rings. The van der Waals surface area contributed by atoms with Crippen LogP contribution in [0.4, 0.5) is 0 Å². The molecule has 1 aromatic carbocycles. The van der Waals surface area contributed by atoms with Gasteiger partial charge in [0.05, 0.1) is 0 Å². The fourth-order valence-corrected chi connectivity index (χ4v) is 9.82. The van der Waals surface area contributed by atoms with Crippen molar-refractivity contribution in [2.45, 2.75) is 11.1 Å². The predicted octanol–water partition coefficient (Wildman–Crippen LogP) is 1.34. The first-order valence-electron chi connectivity index (χ1n) is 3.74. The molecule has 0 heterocycles. The second-order valence-corrected chi connectivity index (χ2v) is 11.3. The van der Waals surface area contributed by atoms with Gasteiger partial charge in [0, 0.05) is 0 Å². The Labute approximate surface area is 89.8 Å². The van der Waals surface area contributed by atoms with Gasteiger partial charge in [0.15, 0.2) is 0 Å². The van der Waals surface area contributed by atoms with E-state index in [2.05, 4.69) is 43.5 Å². The molecule has 0 bridgehead atoms. The Balaban J connectivity index is 2.33. The van der Waals surface area contributed by atoms with Crippen LogP contribution in [0.3, 0.4) is 0 Å². The molecule has 1 atom stereocenters. The van der Waals surface area contributed by atoms with E-state index in [1.807, 2.05) is 11.8 Å². The van der Waals surface area contributed by atoms with Crippen molar-refractivity contribution in [1.82, 2.24) is 0 Å². The van der Waals surface area contributed by atoms with E-state index >= 15 is 0 Å². The molecular formula is C9H12SSe2. The summed E-state index contributed by atoms with van der Waals surface area (Å²) < 4.78 is 2.42. The van der Waals surface area contributed by atoms with Crippen LogP contribution in [0.15, 0.2) is 30.3 Å². The molecule has 12 heavy (non-hydrogen) atoms. The molecule has 0 unspecified atom stereocenters. The van der Waals surface area contributed by atoms with Crippen LogP contribution >= 0.6 is 11.8 Å². The number of hydrogen-bond donors (Lipinski definition) is 0. The third-order valence-electron chi connectivity index (χ3n) is 1.35. The first kappa shape index (κ1) is 10.7. The number of thioether (sulfide) groups is 1. The zero-order valence-corrected chi connectivity index (χ0v) is 11.4.